The number of hydrogen-bond acceptors (Lipinski definition) is 8. The number of carbonyl (C=O) groups is 2. The molecule has 0 fully saturated rings. The van der Waals surface area contributed by atoms with E-state index >= 15 is 0 Å². The lowest BCUT2D eigenvalue weighted by Gasteiger charge is -2.19. The van der Waals surface area contributed by atoms with Gasteiger partial charge < -0.3 is 20.1 Å². The van der Waals surface area contributed by atoms with E-state index in [9.17, 15) is 19.0 Å². The zero-order valence-electron chi connectivity index (χ0n) is 41.1. The number of hydrogen-bond donors (Lipinski definition) is 2. The summed E-state index contributed by atoms with van der Waals surface area (Å²) in [5, 5.41) is 0. The molecule has 0 saturated heterocycles. The van der Waals surface area contributed by atoms with Gasteiger partial charge in [-0.25, -0.2) is 4.57 Å². The molecule has 3 N–H and O–H groups in total. The summed E-state index contributed by atoms with van der Waals surface area (Å²) in [6.07, 6.45) is 57.5. The Morgan fingerprint density at radius 3 is 1.22 bits per heavy atom. The Hall–Kier alpha value is -1.77. The van der Waals surface area contributed by atoms with Crippen molar-refractivity contribution in [1.82, 2.24) is 0 Å². The Morgan fingerprint density at radius 2 is 0.825 bits per heavy atom. The minimum absolute atomic E-state index is 0.0527. The van der Waals surface area contributed by atoms with Crippen molar-refractivity contribution in [1.29, 1.82) is 0 Å². The summed E-state index contributed by atoms with van der Waals surface area (Å²) in [4.78, 5) is 35.1. The second-order valence-electron chi connectivity index (χ2n) is 17.7. The number of rotatable bonds is 50. The molecule has 0 aliphatic heterocycles. The van der Waals surface area contributed by atoms with Crippen LogP contribution in [-0.4, -0.2) is 49.3 Å². The minimum atomic E-state index is -4.38. The van der Waals surface area contributed by atoms with Crippen molar-refractivity contribution in [2.45, 2.75) is 264 Å². The Balaban J connectivity index is 4.03. The molecule has 0 aliphatic rings. The highest BCUT2D eigenvalue weighted by molar-refractivity contribution is 7.47. The summed E-state index contributed by atoms with van der Waals surface area (Å²) in [5.41, 5.74) is 5.37. The second-order valence-corrected chi connectivity index (χ2v) is 19.2. The summed E-state index contributed by atoms with van der Waals surface area (Å²) in [6, 6.07) is 0. The first kappa shape index (κ1) is 61.2. The van der Waals surface area contributed by atoms with Crippen molar-refractivity contribution < 1.29 is 37.6 Å². The van der Waals surface area contributed by atoms with Crippen molar-refractivity contribution in [2.75, 3.05) is 26.4 Å². The third-order valence-electron chi connectivity index (χ3n) is 11.5. The van der Waals surface area contributed by atoms with Gasteiger partial charge in [0.1, 0.15) is 6.61 Å². The van der Waals surface area contributed by atoms with Gasteiger partial charge in [-0.1, -0.05) is 211 Å². The number of ether oxygens (including phenoxy) is 2. The van der Waals surface area contributed by atoms with Crippen LogP contribution in [0.3, 0.4) is 0 Å². The first-order valence-corrected chi connectivity index (χ1v) is 28.0. The van der Waals surface area contributed by atoms with Gasteiger partial charge in [0, 0.05) is 19.4 Å². The molecule has 0 aromatic heterocycles. The van der Waals surface area contributed by atoms with Gasteiger partial charge in [0.15, 0.2) is 6.10 Å². The fourth-order valence-electron chi connectivity index (χ4n) is 7.54. The van der Waals surface area contributed by atoms with Crippen molar-refractivity contribution in [3.63, 3.8) is 0 Å². The molecule has 2 atom stereocenters. The monoisotopic (exact) mass is 910 g/mol. The van der Waals surface area contributed by atoms with Crippen LogP contribution in [0.15, 0.2) is 36.5 Å². The molecule has 0 bridgehead atoms. The average Bonchev–Trinajstić information content (AvgIpc) is 3.27. The average molecular weight is 910 g/mol. The molecule has 0 amide bonds. The van der Waals surface area contributed by atoms with Crippen LogP contribution in [0, 0.1) is 0 Å². The molecule has 0 aromatic carbocycles. The maximum atomic E-state index is 12.7. The zero-order valence-corrected chi connectivity index (χ0v) is 42.0. The second kappa shape index (κ2) is 49.7. The molecule has 9 nitrogen and oxygen atoms in total. The summed E-state index contributed by atoms with van der Waals surface area (Å²) < 4.78 is 33.0. The van der Waals surface area contributed by atoms with Crippen molar-refractivity contribution in [2.24, 2.45) is 5.73 Å². The van der Waals surface area contributed by atoms with Gasteiger partial charge in [-0.15, -0.1) is 0 Å². The van der Waals surface area contributed by atoms with Gasteiger partial charge in [0.2, 0.25) is 0 Å². The molecular weight excluding hydrogens is 810 g/mol. The first-order valence-electron chi connectivity index (χ1n) is 26.5. The van der Waals surface area contributed by atoms with E-state index < -0.39 is 26.5 Å². The summed E-state index contributed by atoms with van der Waals surface area (Å²) in [5.74, 6) is -0.826. The predicted octanol–water partition coefficient (Wildman–Crippen LogP) is 16.1. The third-order valence-corrected chi connectivity index (χ3v) is 12.5. The number of allylic oxidation sites excluding steroid dienone is 6. The van der Waals surface area contributed by atoms with Gasteiger partial charge in [-0.3, -0.25) is 18.6 Å². The minimum Gasteiger partial charge on any atom is -0.462 e. The van der Waals surface area contributed by atoms with Gasteiger partial charge in [0.05, 0.1) is 13.2 Å². The van der Waals surface area contributed by atoms with E-state index in [4.69, 9.17) is 24.3 Å². The lowest BCUT2D eigenvalue weighted by molar-refractivity contribution is -0.161. The van der Waals surface area contributed by atoms with Crippen molar-refractivity contribution in [3.05, 3.63) is 36.5 Å². The molecule has 2 unspecified atom stereocenters. The maximum absolute atomic E-state index is 12.7. The number of esters is 2. The molecule has 0 spiro atoms. The van der Waals surface area contributed by atoms with E-state index in [-0.39, 0.29) is 38.6 Å². The Bertz CT molecular complexity index is 1130. The largest absolute Gasteiger partial charge is 0.472 e. The Labute approximate surface area is 388 Å². The molecule has 63 heavy (non-hydrogen) atoms. The molecule has 0 aromatic rings. The van der Waals surface area contributed by atoms with E-state index in [1.807, 2.05) is 0 Å². The lowest BCUT2D eigenvalue weighted by atomic mass is 10.1. The van der Waals surface area contributed by atoms with Gasteiger partial charge in [0.25, 0.3) is 0 Å². The normalized spacial score (nSPS) is 13.4. The molecule has 0 rings (SSSR count). The Kier molecular flexibility index (Phi) is 48.3. The lowest BCUT2D eigenvalue weighted by Crippen LogP contribution is -2.29. The van der Waals surface area contributed by atoms with Crippen LogP contribution in [0.1, 0.15) is 258 Å². The number of phosphoric acid groups is 1. The van der Waals surface area contributed by atoms with Crippen molar-refractivity contribution in [3.8, 4) is 0 Å². The van der Waals surface area contributed by atoms with E-state index in [0.717, 1.165) is 51.4 Å². The van der Waals surface area contributed by atoms with Crippen LogP contribution in [-0.2, 0) is 32.7 Å². The van der Waals surface area contributed by atoms with E-state index in [1.54, 1.807) is 0 Å². The molecule has 0 saturated carbocycles. The molecule has 10 heteroatoms. The molecule has 370 valence electrons. The van der Waals surface area contributed by atoms with Gasteiger partial charge >= 0.3 is 19.8 Å². The smallest absolute Gasteiger partial charge is 0.462 e. The highest BCUT2D eigenvalue weighted by Crippen LogP contribution is 2.43. The van der Waals surface area contributed by atoms with E-state index in [0.29, 0.717) is 6.42 Å². The fraction of sp³-hybridized carbons (Fsp3) is 0.849. The first-order chi connectivity index (χ1) is 30.8. The van der Waals surface area contributed by atoms with Crippen LogP contribution in [0.25, 0.3) is 0 Å². The summed E-state index contributed by atoms with van der Waals surface area (Å²) in [7, 11) is -4.38. The van der Waals surface area contributed by atoms with E-state index in [1.165, 1.54) is 173 Å². The highest BCUT2D eigenvalue weighted by Gasteiger charge is 2.26. The SMILES string of the molecule is CCCCCCC/C=C\C/C=C\CCCCCCCCCCCC(=O)OC(COC(=O)CCCCCCCCCCC/C=C\CCCCCCCCCC)COP(=O)(O)OCCN. The number of unbranched alkanes of at least 4 members (excludes halogenated alkanes) is 31. The molecular formula is C53H100NO8P. The van der Waals surface area contributed by atoms with Crippen LogP contribution >= 0.6 is 7.82 Å². The summed E-state index contributed by atoms with van der Waals surface area (Å²) in [6.45, 7) is 3.75. The quantitative estimate of drug-likeness (QED) is 0.0265. The number of nitrogens with two attached hydrogens (primary N) is 1. The standard InChI is InChI=1S/C53H100NO8P/c1-3-5-7-9-11-13-15-17-19-21-23-25-27-29-31-33-35-37-39-41-43-45-52(55)59-49-51(50-61-63(57,58)60-48-47-54)62-53(56)46-44-42-40-38-36-34-32-30-28-26-24-22-20-18-16-14-12-10-8-6-4-2/h16,18,21-24,51H,3-15,17,19-20,25-50,54H2,1-2H3,(H,57,58)/b18-16-,23-21-,24-22-. The molecule has 0 aliphatic carbocycles. The number of phosphoric ester groups is 1. The Morgan fingerprint density at radius 1 is 0.476 bits per heavy atom. The van der Waals surface area contributed by atoms with Crippen LogP contribution in [0.5, 0.6) is 0 Å². The maximum Gasteiger partial charge on any atom is 0.472 e. The van der Waals surface area contributed by atoms with Crippen LogP contribution < -0.4 is 5.73 Å². The predicted molar refractivity (Wildman–Crippen MR) is 266 cm³/mol. The highest BCUT2D eigenvalue weighted by atomic mass is 31.2. The van der Waals surface area contributed by atoms with Crippen molar-refractivity contribution >= 4 is 19.8 Å². The van der Waals surface area contributed by atoms with Gasteiger partial charge in [-0.05, 0) is 70.6 Å². The summed E-state index contributed by atoms with van der Waals surface area (Å²) >= 11 is 0. The van der Waals surface area contributed by atoms with Crippen LogP contribution in [0.4, 0.5) is 0 Å². The molecule has 0 radical (unpaired) electrons. The van der Waals surface area contributed by atoms with Crippen LogP contribution in [0.2, 0.25) is 0 Å². The topological polar surface area (TPSA) is 134 Å². The van der Waals surface area contributed by atoms with E-state index in [2.05, 4.69) is 50.3 Å². The fourth-order valence-corrected chi connectivity index (χ4v) is 8.31. The molecule has 0 heterocycles. The number of carbonyl (C=O) groups excluding carboxylic acids is 2. The third kappa shape index (κ3) is 49.5. The van der Waals surface area contributed by atoms with Gasteiger partial charge in [-0.2, -0.15) is 0 Å². The zero-order chi connectivity index (χ0) is 46.0.